The van der Waals surface area contributed by atoms with Crippen LogP contribution in [-0.2, 0) is 0 Å². The van der Waals surface area contributed by atoms with Gasteiger partial charge in [0.05, 0.1) is 0 Å². The summed E-state index contributed by atoms with van der Waals surface area (Å²) in [4.78, 5) is 0. The maximum Gasteiger partial charge on any atom is 0.0304 e. The zero-order chi connectivity index (χ0) is 11.3. The Morgan fingerprint density at radius 3 is 2.73 bits per heavy atom. The van der Waals surface area contributed by atoms with Gasteiger partial charge in [-0.25, -0.2) is 0 Å². The third kappa shape index (κ3) is 3.94. The molecule has 0 aromatic rings. The van der Waals surface area contributed by atoms with Gasteiger partial charge in [0.2, 0.25) is 0 Å². The maximum absolute atomic E-state index is 5.42. The summed E-state index contributed by atoms with van der Waals surface area (Å²) < 4.78 is 0. The second-order valence-electron chi connectivity index (χ2n) is 3.99. The highest BCUT2D eigenvalue weighted by atomic mass is 32.2. The Hall–Kier alpha value is 0.220. The fraction of sp³-hybridized carbons (Fsp3) is 0.833. The lowest BCUT2D eigenvalue weighted by atomic mass is 10.1. The van der Waals surface area contributed by atoms with Gasteiger partial charge in [-0.2, -0.15) is 23.5 Å². The molecule has 0 amide bonds. The molecule has 4 atom stereocenters. The molecule has 0 aliphatic carbocycles. The lowest BCUT2D eigenvalue weighted by Crippen LogP contribution is -2.43. The number of hydrogen-bond acceptors (Lipinski definition) is 3. The van der Waals surface area contributed by atoms with Crippen LogP contribution in [0.5, 0.6) is 0 Å². The Balaban J connectivity index is 2.49. The highest BCUT2D eigenvalue weighted by Crippen LogP contribution is 2.37. The van der Waals surface area contributed by atoms with E-state index in [0.29, 0.717) is 11.3 Å². The molecule has 1 saturated heterocycles. The van der Waals surface area contributed by atoms with E-state index >= 15 is 0 Å². The SMILES string of the molecule is C#CCC(NCC)C1CSC(C)C(C)S1. The Kier molecular flexibility index (Phi) is 5.96. The Morgan fingerprint density at radius 1 is 1.47 bits per heavy atom. The summed E-state index contributed by atoms with van der Waals surface area (Å²) >= 11 is 4.19. The molecule has 1 rings (SSSR count). The molecule has 0 saturated carbocycles. The van der Waals surface area contributed by atoms with Crippen LogP contribution in [0.25, 0.3) is 0 Å². The van der Waals surface area contributed by atoms with Gasteiger partial charge in [0.25, 0.3) is 0 Å². The molecule has 1 aliphatic heterocycles. The van der Waals surface area contributed by atoms with Gasteiger partial charge in [0, 0.05) is 34.0 Å². The third-order valence-electron chi connectivity index (χ3n) is 2.83. The Bertz CT molecular complexity index is 224. The minimum Gasteiger partial charge on any atom is -0.312 e. The molecule has 1 fully saturated rings. The molecular formula is C12H21NS2. The van der Waals surface area contributed by atoms with Gasteiger partial charge < -0.3 is 5.32 Å². The summed E-state index contributed by atoms with van der Waals surface area (Å²) in [6.45, 7) is 7.81. The number of rotatable bonds is 4. The predicted octanol–water partition coefficient (Wildman–Crippen LogP) is 2.61. The van der Waals surface area contributed by atoms with Crippen LogP contribution in [0.2, 0.25) is 0 Å². The van der Waals surface area contributed by atoms with E-state index in [0.717, 1.165) is 23.5 Å². The average molecular weight is 243 g/mol. The van der Waals surface area contributed by atoms with E-state index in [1.165, 1.54) is 5.75 Å². The van der Waals surface area contributed by atoms with E-state index < -0.39 is 0 Å². The van der Waals surface area contributed by atoms with Crippen molar-refractivity contribution in [2.24, 2.45) is 0 Å². The Labute approximate surface area is 103 Å². The van der Waals surface area contributed by atoms with Crippen molar-refractivity contribution in [3.8, 4) is 12.3 Å². The second kappa shape index (κ2) is 6.73. The molecule has 3 heteroatoms. The molecule has 1 aliphatic rings. The average Bonchev–Trinajstić information content (AvgIpc) is 2.22. The summed E-state index contributed by atoms with van der Waals surface area (Å²) in [7, 11) is 0. The van der Waals surface area contributed by atoms with Crippen molar-refractivity contribution in [1.82, 2.24) is 5.32 Å². The van der Waals surface area contributed by atoms with Crippen LogP contribution in [0.1, 0.15) is 27.2 Å². The summed E-state index contributed by atoms with van der Waals surface area (Å²) in [5, 5.41) is 5.71. The van der Waals surface area contributed by atoms with E-state index in [9.17, 15) is 0 Å². The largest absolute Gasteiger partial charge is 0.312 e. The molecule has 86 valence electrons. The van der Waals surface area contributed by atoms with E-state index in [4.69, 9.17) is 6.42 Å². The monoisotopic (exact) mass is 243 g/mol. The van der Waals surface area contributed by atoms with Gasteiger partial charge in [0.1, 0.15) is 0 Å². The fourth-order valence-electron chi connectivity index (χ4n) is 1.74. The highest BCUT2D eigenvalue weighted by Gasteiger charge is 2.30. The van der Waals surface area contributed by atoms with Crippen molar-refractivity contribution in [2.45, 2.75) is 49.0 Å². The fourth-order valence-corrected chi connectivity index (χ4v) is 4.87. The van der Waals surface area contributed by atoms with Crippen LogP contribution in [0, 0.1) is 12.3 Å². The first kappa shape index (κ1) is 13.3. The smallest absolute Gasteiger partial charge is 0.0304 e. The van der Waals surface area contributed by atoms with Gasteiger partial charge in [-0.3, -0.25) is 0 Å². The van der Waals surface area contributed by atoms with Crippen molar-refractivity contribution in [3.63, 3.8) is 0 Å². The molecule has 1 N–H and O–H groups in total. The first-order chi connectivity index (χ1) is 7.19. The molecule has 1 heterocycles. The van der Waals surface area contributed by atoms with E-state index in [1.807, 2.05) is 0 Å². The molecule has 0 radical (unpaired) electrons. The molecule has 15 heavy (non-hydrogen) atoms. The van der Waals surface area contributed by atoms with Gasteiger partial charge in [-0.1, -0.05) is 20.8 Å². The summed E-state index contributed by atoms with van der Waals surface area (Å²) in [5.74, 6) is 4.02. The van der Waals surface area contributed by atoms with Crippen LogP contribution in [0.4, 0.5) is 0 Å². The maximum atomic E-state index is 5.42. The van der Waals surface area contributed by atoms with Crippen LogP contribution in [0.3, 0.4) is 0 Å². The van der Waals surface area contributed by atoms with Crippen LogP contribution in [0.15, 0.2) is 0 Å². The van der Waals surface area contributed by atoms with Gasteiger partial charge in [0.15, 0.2) is 0 Å². The number of hydrogen-bond donors (Lipinski definition) is 1. The van der Waals surface area contributed by atoms with Crippen molar-refractivity contribution < 1.29 is 0 Å². The van der Waals surface area contributed by atoms with E-state index in [-0.39, 0.29) is 0 Å². The van der Waals surface area contributed by atoms with Crippen LogP contribution < -0.4 is 5.32 Å². The zero-order valence-electron chi connectivity index (χ0n) is 9.82. The van der Waals surface area contributed by atoms with Gasteiger partial charge in [-0.15, -0.1) is 12.3 Å². The van der Waals surface area contributed by atoms with E-state index in [2.05, 4.69) is 55.5 Å². The summed E-state index contributed by atoms with van der Waals surface area (Å²) in [6.07, 6.45) is 6.28. The predicted molar refractivity (Wildman–Crippen MR) is 73.7 cm³/mol. The van der Waals surface area contributed by atoms with Crippen molar-refractivity contribution in [2.75, 3.05) is 12.3 Å². The Morgan fingerprint density at radius 2 is 2.20 bits per heavy atom. The molecule has 0 bridgehead atoms. The first-order valence-corrected chi connectivity index (χ1v) is 7.62. The zero-order valence-corrected chi connectivity index (χ0v) is 11.5. The quantitative estimate of drug-likeness (QED) is 0.762. The third-order valence-corrected chi connectivity index (χ3v) is 6.38. The molecule has 0 spiro atoms. The highest BCUT2D eigenvalue weighted by molar-refractivity contribution is 8.07. The van der Waals surface area contributed by atoms with Gasteiger partial charge in [-0.05, 0) is 6.54 Å². The minimum atomic E-state index is 0.493. The topological polar surface area (TPSA) is 12.0 Å². The lowest BCUT2D eigenvalue weighted by molar-refractivity contribution is 0.533. The van der Waals surface area contributed by atoms with Crippen molar-refractivity contribution in [3.05, 3.63) is 0 Å². The van der Waals surface area contributed by atoms with Crippen LogP contribution >= 0.6 is 23.5 Å². The summed E-state index contributed by atoms with van der Waals surface area (Å²) in [6, 6.07) is 0.493. The standard InChI is InChI=1S/C12H21NS2/c1-5-7-11(13-6-2)12-8-14-9(3)10(4)15-12/h1,9-13H,6-8H2,2-4H3. The number of terminal acetylenes is 1. The van der Waals surface area contributed by atoms with Crippen LogP contribution in [-0.4, -0.2) is 34.1 Å². The second-order valence-corrected chi connectivity index (χ2v) is 7.02. The lowest BCUT2D eigenvalue weighted by Gasteiger charge is -2.35. The molecule has 0 aromatic heterocycles. The van der Waals surface area contributed by atoms with Gasteiger partial charge >= 0.3 is 0 Å². The van der Waals surface area contributed by atoms with E-state index in [1.54, 1.807) is 0 Å². The first-order valence-electron chi connectivity index (χ1n) is 5.63. The number of nitrogens with one attached hydrogen (secondary N) is 1. The molecular weight excluding hydrogens is 222 g/mol. The molecule has 0 aromatic carbocycles. The molecule has 1 nitrogen and oxygen atoms in total. The normalized spacial score (nSPS) is 33.3. The number of thioether (sulfide) groups is 2. The van der Waals surface area contributed by atoms with Crippen molar-refractivity contribution in [1.29, 1.82) is 0 Å². The summed E-state index contributed by atoms with van der Waals surface area (Å²) in [5.41, 5.74) is 0. The van der Waals surface area contributed by atoms with Crippen molar-refractivity contribution >= 4 is 23.5 Å². The minimum absolute atomic E-state index is 0.493. The molecule has 4 unspecified atom stereocenters.